The zero-order valence-electron chi connectivity index (χ0n) is 17.7. The molecule has 4 aromatic rings. The number of carbonyl (C=O) groups is 1. The number of aryl methyl sites for hydroxylation is 2. The summed E-state index contributed by atoms with van der Waals surface area (Å²) in [4.78, 5) is 25.8. The Morgan fingerprint density at radius 2 is 1.66 bits per heavy atom. The van der Waals surface area contributed by atoms with E-state index in [9.17, 15) is 9.59 Å². The molecule has 1 aromatic heterocycles. The molecule has 0 radical (unpaired) electrons. The first-order chi connectivity index (χ1) is 15.4. The Labute approximate surface area is 190 Å². The van der Waals surface area contributed by atoms with Crippen molar-refractivity contribution in [3.63, 3.8) is 0 Å². The Hall–Kier alpha value is -3.57. The molecule has 0 unspecified atom stereocenters. The van der Waals surface area contributed by atoms with Gasteiger partial charge in [0.15, 0.2) is 5.76 Å². The number of carbonyl (C=O) groups excluding carboxylic acids is 1. The second kappa shape index (κ2) is 9.28. The van der Waals surface area contributed by atoms with Crippen LogP contribution in [0.2, 0.25) is 5.02 Å². The highest BCUT2D eigenvalue weighted by atomic mass is 35.5. The van der Waals surface area contributed by atoms with Gasteiger partial charge >= 0.3 is 5.97 Å². The lowest BCUT2D eigenvalue weighted by molar-refractivity contribution is -0.135. The van der Waals surface area contributed by atoms with Crippen LogP contribution >= 0.6 is 11.6 Å². The summed E-state index contributed by atoms with van der Waals surface area (Å²) in [6.45, 7) is 3.96. The van der Waals surface area contributed by atoms with E-state index in [1.807, 2.05) is 38.1 Å². The van der Waals surface area contributed by atoms with Gasteiger partial charge in [0.1, 0.15) is 11.3 Å². The zero-order valence-corrected chi connectivity index (χ0v) is 18.4. The number of rotatable bonds is 6. The lowest BCUT2D eigenvalue weighted by atomic mass is 10.0. The van der Waals surface area contributed by atoms with Crippen molar-refractivity contribution in [1.82, 2.24) is 0 Å². The van der Waals surface area contributed by atoms with Crippen LogP contribution in [0.4, 0.5) is 0 Å². The van der Waals surface area contributed by atoms with Crippen molar-refractivity contribution in [3.8, 4) is 22.8 Å². The minimum absolute atomic E-state index is 0.0404. The largest absolute Gasteiger partial charge is 0.493 e. The molecule has 0 aliphatic carbocycles. The molecular weight excluding hydrogens is 428 g/mol. The topological polar surface area (TPSA) is 65.7 Å². The summed E-state index contributed by atoms with van der Waals surface area (Å²) >= 11 is 5.86. The van der Waals surface area contributed by atoms with Gasteiger partial charge in [0, 0.05) is 10.6 Å². The summed E-state index contributed by atoms with van der Waals surface area (Å²) in [5, 5.41) is 0.964. The van der Waals surface area contributed by atoms with Gasteiger partial charge < -0.3 is 13.9 Å². The number of hydrogen-bond acceptors (Lipinski definition) is 5. The van der Waals surface area contributed by atoms with E-state index in [2.05, 4.69) is 0 Å². The average Bonchev–Trinajstić information content (AvgIpc) is 2.79. The molecule has 1 heterocycles. The van der Waals surface area contributed by atoms with Crippen LogP contribution in [0.5, 0.6) is 11.5 Å². The van der Waals surface area contributed by atoms with Crippen molar-refractivity contribution in [2.24, 2.45) is 0 Å². The van der Waals surface area contributed by atoms with E-state index in [1.54, 1.807) is 42.5 Å². The normalized spacial score (nSPS) is 10.8. The molecule has 32 heavy (non-hydrogen) atoms. The molecule has 0 fully saturated rings. The minimum atomic E-state index is -0.591. The lowest BCUT2D eigenvalue weighted by Crippen LogP contribution is -2.18. The maximum Gasteiger partial charge on any atom is 0.314 e. The van der Waals surface area contributed by atoms with Crippen LogP contribution in [0, 0.1) is 13.8 Å². The molecule has 0 atom stereocenters. The monoisotopic (exact) mass is 448 g/mol. The molecule has 0 aliphatic heterocycles. The van der Waals surface area contributed by atoms with E-state index in [0.29, 0.717) is 27.3 Å². The Kier molecular flexibility index (Phi) is 6.28. The maximum atomic E-state index is 13.3. The highest BCUT2D eigenvalue weighted by molar-refractivity contribution is 6.30. The third kappa shape index (κ3) is 4.68. The van der Waals surface area contributed by atoms with Crippen molar-refractivity contribution in [1.29, 1.82) is 0 Å². The molecule has 5 nitrogen and oxygen atoms in total. The van der Waals surface area contributed by atoms with Gasteiger partial charge in [-0.05, 0) is 61.4 Å². The van der Waals surface area contributed by atoms with Gasteiger partial charge in [-0.3, -0.25) is 9.59 Å². The summed E-state index contributed by atoms with van der Waals surface area (Å²) in [5.74, 6) is 0.0941. The highest BCUT2D eigenvalue weighted by Crippen LogP contribution is 2.32. The number of ether oxygens (including phenoxy) is 2. The Bertz CT molecular complexity index is 1320. The fourth-order valence-corrected chi connectivity index (χ4v) is 3.38. The fourth-order valence-electron chi connectivity index (χ4n) is 3.25. The van der Waals surface area contributed by atoms with Gasteiger partial charge in [0.05, 0.1) is 18.4 Å². The first-order valence-electron chi connectivity index (χ1n) is 10.1. The summed E-state index contributed by atoms with van der Waals surface area (Å²) in [7, 11) is 0. The van der Waals surface area contributed by atoms with E-state index >= 15 is 0 Å². The minimum Gasteiger partial charge on any atom is -0.493 e. The van der Waals surface area contributed by atoms with Gasteiger partial charge in [0.2, 0.25) is 11.2 Å². The predicted molar refractivity (Wildman–Crippen MR) is 125 cm³/mol. The van der Waals surface area contributed by atoms with E-state index in [0.717, 1.165) is 11.1 Å². The van der Waals surface area contributed by atoms with Crippen molar-refractivity contribution >= 4 is 28.5 Å². The molecule has 0 spiro atoms. The van der Waals surface area contributed by atoms with Crippen LogP contribution in [-0.4, -0.2) is 12.6 Å². The number of hydrogen-bond donors (Lipinski definition) is 0. The van der Waals surface area contributed by atoms with Gasteiger partial charge in [-0.15, -0.1) is 0 Å². The SMILES string of the molecule is Cc1cc2oc(-c3ccccc3)c(OC(=O)CCOc3ccc(Cl)cc3)c(=O)c2cc1C. The van der Waals surface area contributed by atoms with Crippen molar-refractivity contribution in [2.75, 3.05) is 6.61 Å². The molecule has 4 rings (SSSR count). The first kappa shape index (κ1) is 21.7. The standard InChI is InChI=1S/C26H21ClO5/c1-16-14-21-22(15-17(16)2)31-25(18-6-4-3-5-7-18)26(24(21)29)32-23(28)12-13-30-20-10-8-19(27)9-11-20/h3-11,14-15H,12-13H2,1-2H3. The van der Waals surface area contributed by atoms with E-state index in [1.165, 1.54) is 0 Å². The van der Waals surface area contributed by atoms with Gasteiger partial charge in [0.25, 0.3) is 0 Å². The van der Waals surface area contributed by atoms with Crippen LogP contribution in [0.3, 0.4) is 0 Å². The Balaban J connectivity index is 1.63. The lowest BCUT2D eigenvalue weighted by Gasteiger charge is -2.12. The predicted octanol–water partition coefficient (Wildman–Crippen LogP) is 6.10. The molecule has 162 valence electrons. The van der Waals surface area contributed by atoms with E-state index in [-0.39, 0.29) is 30.0 Å². The Morgan fingerprint density at radius 3 is 2.38 bits per heavy atom. The van der Waals surface area contributed by atoms with Gasteiger partial charge in [-0.2, -0.15) is 0 Å². The number of halogens is 1. The maximum absolute atomic E-state index is 13.3. The molecule has 6 heteroatoms. The molecule has 3 aromatic carbocycles. The second-order valence-electron chi connectivity index (χ2n) is 7.41. The second-order valence-corrected chi connectivity index (χ2v) is 7.85. The molecule has 0 saturated carbocycles. The van der Waals surface area contributed by atoms with Gasteiger partial charge in [-0.1, -0.05) is 41.9 Å². The Morgan fingerprint density at radius 1 is 0.969 bits per heavy atom. The van der Waals surface area contributed by atoms with Crippen molar-refractivity contribution in [3.05, 3.63) is 93.1 Å². The van der Waals surface area contributed by atoms with Gasteiger partial charge in [-0.25, -0.2) is 0 Å². The molecule has 0 bridgehead atoms. The smallest absolute Gasteiger partial charge is 0.314 e. The van der Waals surface area contributed by atoms with Crippen LogP contribution in [0.25, 0.3) is 22.3 Å². The van der Waals surface area contributed by atoms with Crippen LogP contribution in [-0.2, 0) is 4.79 Å². The summed E-state index contributed by atoms with van der Waals surface area (Å²) in [5.41, 5.74) is 2.66. The number of fused-ring (bicyclic) bond motifs is 1. The fraction of sp³-hybridized carbons (Fsp3) is 0.154. The quantitative estimate of drug-likeness (QED) is 0.333. The molecule has 0 saturated heterocycles. The highest BCUT2D eigenvalue weighted by Gasteiger charge is 2.21. The molecular formula is C26H21ClO5. The molecule has 0 amide bonds. The number of esters is 1. The summed E-state index contributed by atoms with van der Waals surface area (Å²) < 4.78 is 17.1. The third-order valence-electron chi connectivity index (χ3n) is 5.11. The van der Waals surface area contributed by atoms with Crippen molar-refractivity contribution < 1.29 is 18.7 Å². The van der Waals surface area contributed by atoms with Crippen LogP contribution in [0.1, 0.15) is 17.5 Å². The number of benzene rings is 3. The van der Waals surface area contributed by atoms with E-state index in [4.69, 9.17) is 25.5 Å². The molecule has 0 aliphatic rings. The van der Waals surface area contributed by atoms with E-state index < -0.39 is 5.97 Å². The van der Waals surface area contributed by atoms with Crippen molar-refractivity contribution in [2.45, 2.75) is 20.3 Å². The summed E-state index contributed by atoms with van der Waals surface area (Å²) in [6.07, 6.45) is -0.0404. The summed E-state index contributed by atoms with van der Waals surface area (Å²) in [6, 6.07) is 19.5. The first-order valence-corrected chi connectivity index (χ1v) is 10.5. The molecule has 0 N–H and O–H groups in total. The van der Waals surface area contributed by atoms with Crippen LogP contribution < -0.4 is 14.9 Å². The zero-order chi connectivity index (χ0) is 22.7. The third-order valence-corrected chi connectivity index (χ3v) is 5.36. The average molecular weight is 449 g/mol. The van der Waals surface area contributed by atoms with Crippen LogP contribution in [0.15, 0.2) is 75.9 Å².